The predicted molar refractivity (Wildman–Crippen MR) is 125 cm³/mol. The number of ketones is 2. The number of ether oxygens (including phenoxy) is 1. The second-order valence-corrected chi connectivity index (χ2v) is 7.86. The zero-order chi connectivity index (χ0) is 23.8. The number of carbonyl (C=O) groups is 4. The molecule has 166 valence electrons. The van der Waals surface area contributed by atoms with E-state index in [1.54, 1.807) is 48.5 Å². The zero-order valence-electron chi connectivity index (χ0n) is 18.1. The molecule has 1 aromatic heterocycles. The summed E-state index contributed by atoms with van der Waals surface area (Å²) in [5, 5.41) is 3.50. The molecule has 0 aliphatic heterocycles. The Hall–Kier alpha value is -4.65. The first-order valence-electron chi connectivity index (χ1n) is 10.6. The van der Waals surface area contributed by atoms with Crippen LogP contribution >= 0.6 is 0 Å². The highest BCUT2D eigenvalue weighted by Gasteiger charge is 2.32. The van der Waals surface area contributed by atoms with Crippen LogP contribution in [0.15, 0.2) is 78.9 Å². The number of benzene rings is 3. The first kappa shape index (κ1) is 21.2. The topological polar surface area (TPSA) is 102 Å². The van der Waals surface area contributed by atoms with Crippen LogP contribution in [0.1, 0.15) is 49.3 Å². The zero-order valence-corrected chi connectivity index (χ0v) is 18.1. The lowest BCUT2D eigenvalue weighted by Crippen LogP contribution is -2.31. The number of amides is 1. The molecule has 1 atom stereocenters. The summed E-state index contributed by atoms with van der Waals surface area (Å²) in [6.07, 6.45) is -1.17. The Bertz CT molecular complexity index is 1510. The van der Waals surface area contributed by atoms with Crippen LogP contribution < -0.4 is 5.32 Å². The van der Waals surface area contributed by atoms with Gasteiger partial charge < -0.3 is 10.1 Å². The lowest BCUT2D eigenvalue weighted by atomic mass is 9.83. The van der Waals surface area contributed by atoms with Gasteiger partial charge in [-0.25, -0.2) is 9.78 Å². The van der Waals surface area contributed by atoms with Crippen LogP contribution in [0.4, 0.5) is 5.69 Å². The predicted octanol–water partition coefficient (Wildman–Crippen LogP) is 4.19. The molecule has 0 saturated heterocycles. The van der Waals surface area contributed by atoms with Crippen LogP contribution in [0.2, 0.25) is 0 Å². The number of fused-ring (bicyclic) bond motifs is 3. The molecule has 1 aliphatic carbocycles. The van der Waals surface area contributed by atoms with Crippen molar-refractivity contribution in [3.8, 4) is 0 Å². The van der Waals surface area contributed by atoms with Gasteiger partial charge in [0.1, 0.15) is 5.69 Å². The summed E-state index contributed by atoms with van der Waals surface area (Å²) in [5.74, 6) is -2.03. The third-order valence-electron chi connectivity index (χ3n) is 5.67. The summed E-state index contributed by atoms with van der Waals surface area (Å²) in [6.45, 7) is 1.42. The van der Waals surface area contributed by atoms with Gasteiger partial charge in [0.15, 0.2) is 17.7 Å². The van der Waals surface area contributed by atoms with Crippen molar-refractivity contribution in [3.63, 3.8) is 0 Å². The number of anilines is 1. The third kappa shape index (κ3) is 3.63. The number of pyridine rings is 1. The number of nitrogens with one attached hydrogen (secondary N) is 1. The van der Waals surface area contributed by atoms with Crippen molar-refractivity contribution in [2.75, 3.05) is 5.32 Å². The molecule has 0 radical (unpaired) electrons. The molecule has 1 aliphatic rings. The minimum absolute atomic E-state index is 0.0767. The normalized spacial score (nSPS) is 13.1. The molecule has 7 heteroatoms. The van der Waals surface area contributed by atoms with Gasteiger partial charge in [-0.05, 0) is 25.1 Å². The first-order chi connectivity index (χ1) is 16.4. The van der Waals surface area contributed by atoms with Crippen LogP contribution in [-0.2, 0) is 9.53 Å². The molecule has 7 nitrogen and oxygen atoms in total. The Kier molecular flexibility index (Phi) is 5.22. The summed E-state index contributed by atoms with van der Waals surface area (Å²) in [6, 6.07) is 21.8. The maximum absolute atomic E-state index is 13.1. The Labute approximate surface area is 194 Å². The second kappa shape index (κ2) is 8.37. The van der Waals surface area contributed by atoms with Crippen molar-refractivity contribution in [2.45, 2.75) is 13.0 Å². The van der Waals surface area contributed by atoms with Gasteiger partial charge in [0.05, 0.1) is 16.8 Å². The van der Waals surface area contributed by atoms with Crippen molar-refractivity contribution in [1.29, 1.82) is 0 Å². The fraction of sp³-hybridized carbons (Fsp3) is 0.0741. The van der Waals surface area contributed by atoms with Gasteiger partial charge in [-0.15, -0.1) is 0 Å². The van der Waals surface area contributed by atoms with Crippen molar-refractivity contribution in [1.82, 2.24) is 4.98 Å². The average Bonchev–Trinajstić information content (AvgIpc) is 2.86. The molecule has 34 heavy (non-hydrogen) atoms. The molecule has 0 unspecified atom stereocenters. The maximum atomic E-state index is 13.1. The van der Waals surface area contributed by atoms with Gasteiger partial charge in [-0.2, -0.15) is 0 Å². The van der Waals surface area contributed by atoms with Crippen LogP contribution in [0.3, 0.4) is 0 Å². The summed E-state index contributed by atoms with van der Waals surface area (Å²) < 4.78 is 5.30. The number of rotatable bonds is 4. The highest BCUT2D eigenvalue weighted by atomic mass is 16.5. The molecule has 1 heterocycles. The van der Waals surface area contributed by atoms with Crippen LogP contribution in [0, 0.1) is 0 Å². The summed E-state index contributed by atoms with van der Waals surface area (Å²) in [7, 11) is 0. The quantitative estimate of drug-likeness (QED) is 0.412. The Morgan fingerprint density at radius 3 is 2.26 bits per heavy atom. The van der Waals surface area contributed by atoms with Gasteiger partial charge in [0.2, 0.25) is 0 Å². The molecular formula is C27H18N2O5. The van der Waals surface area contributed by atoms with Crippen molar-refractivity contribution < 1.29 is 23.9 Å². The van der Waals surface area contributed by atoms with Crippen LogP contribution in [0.5, 0.6) is 0 Å². The lowest BCUT2D eigenvalue weighted by molar-refractivity contribution is -0.123. The fourth-order valence-corrected chi connectivity index (χ4v) is 3.94. The SMILES string of the molecule is C[C@@H](OC(=O)c1ccc2ccccc2n1)C(=O)Nc1cccc2c1C(=O)c1ccccc1C2=O. The minimum Gasteiger partial charge on any atom is -0.448 e. The van der Waals surface area contributed by atoms with E-state index in [4.69, 9.17) is 4.74 Å². The van der Waals surface area contributed by atoms with E-state index >= 15 is 0 Å². The van der Waals surface area contributed by atoms with E-state index in [1.807, 2.05) is 18.2 Å². The molecule has 4 aromatic rings. The number of esters is 1. The molecule has 3 aromatic carbocycles. The number of hydrogen-bond donors (Lipinski definition) is 1. The highest BCUT2D eigenvalue weighted by molar-refractivity contribution is 6.30. The van der Waals surface area contributed by atoms with Gasteiger partial charge in [0, 0.05) is 22.1 Å². The number of hydrogen-bond acceptors (Lipinski definition) is 6. The molecule has 0 spiro atoms. The van der Waals surface area contributed by atoms with E-state index in [-0.39, 0.29) is 39.6 Å². The molecule has 0 saturated carbocycles. The molecule has 0 fully saturated rings. The summed E-state index contributed by atoms with van der Waals surface area (Å²) >= 11 is 0. The van der Waals surface area contributed by atoms with Crippen molar-refractivity contribution in [3.05, 3.63) is 107 Å². The van der Waals surface area contributed by atoms with E-state index in [1.165, 1.54) is 19.1 Å². The average molecular weight is 450 g/mol. The number of para-hydroxylation sites is 1. The van der Waals surface area contributed by atoms with Crippen molar-refractivity contribution in [2.24, 2.45) is 0 Å². The molecule has 5 rings (SSSR count). The van der Waals surface area contributed by atoms with E-state index in [0.717, 1.165) is 5.39 Å². The van der Waals surface area contributed by atoms with Gasteiger partial charge in [-0.3, -0.25) is 14.4 Å². The Balaban J connectivity index is 1.36. The highest BCUT2D eigenvalue weighted by Crippen LogP contribution is 2.32. The molecule has 0 bridgehead atoms. The van der Waals surface area contributed by atoms with Gasteiger partial charge in [0.25, 0.3) is 5.91 Å². The van der Waals surface area contributed by atoms with E-state index in [9.17, 15) is 19.2 Å². The van der Waals surface area contributed by atoms with E-state index in [0.29, 0.717) is 11.1 Å². The number of nitrogens with zero attached hydrogens (tertiary/aromatic N) is 1. The number of aromatic nitrogens is 1. The third-order valence-corrected chi connectivity index (χ3v) is 5.67. The molecular weight excluding hydrogens is 432 g/mol. The van der Waals surface area contributed by atoms with Gasteiger partial charge in [-0.1, -0.05) is 60.7 Å². The molecule has 1 amide bonds. The largest absolute Gasteiger partial charge is 0.448 e. The minimum atomic E-state index is -1.17. The van der Waals surface area contributed by atoms with Crippen LogP contribution in [0.25, 0.3) is 10.9 Å². The Morgan fingerprint density at radius 1 is 0.794 bits per heavy atom. The van der Waals surface area contributed by atoms with Crippen molar-refractivity contribution >= 4 is 40.0 Å². The lowest BCUT2D eigenvalue weighted by Gasteiger charge is -2.21. The summed E-state index contributed by atoms with van der Waals surface area (Å²) in [4.78, 5) is 55.6. The monoisotopic (exact) mass is 450 g/mol. The van der Waals surface area contributed by atoms with Gasteiger partial charge >= 0.3 is 5.97 Å². The maximum Gasteiger partial charge on any atom is 0.357 e. The Morgan fingerprint density at radius 2 is 1.47 bits per heavy atom. The van der Waals surface area contributed by atoms with E-state index < -0.39 is 18.0 Å². The standard InChI is InChI=1S/C27H18N2O5/c1-15(34-27(33)22-14-13-16-7-2-5-11-20(16)28-22)26(32)29-21-12-6-10-19-23(21)25(31)18-9-4-3-8-17(18)24(19)30/h2-15H,1H3,(H,29,32)/t15-/m1/s1. The number of carbonyl (C=O) groups excluding carboxylic acids is 4. The molecule has 1 N–H and O–H groups in total. The summed E-state index contributed by atoms with van der Waals surface area (Å²) in [5.41, 5.74) is 1.83. The first-order valence-corrected chi connectivity index (χ1v) is 10.6. The second-order valence-electron chi connectivity index (χ2n) is 7.86. The fourth-order valence-electron chi connectivity index (χ4n) is 3.94. The smallest absolute Gasteiger partial charge is 0.357 e. The van der Waals surface area contributed by atoms with E-state index in [2.05, 4.69) is 10.3 Å². The van der Waals surface area contributed by atoms with Crippen LogP contribution in [-0.4, -0.2) is 34.5 Å².